The normalized spacial score (nSPS) is 56.8. The van der Waals surface area contributed by atoms with Gasteiger partial charge < -0.3 is 10.2 Å². The predicted octanol–water partition coefficient (Wildman–Crippen LogP) is 7.14. The zero-order chi connectivity index (χ0) is 23.4. The maximum Gasteiger partial charge on any atom is 0.0618 e. The second-order valence-electron chi connectivity index (χ2n) is 15.1. The first kappa shape index (κ1) is 23.4. The predicted molar refractivity (Wildman–Crippen MR) is 132 cm³/mol. The van der Waals surface area contributed by atoms with Gasteiger partial charge in [0.15, 0.2) is 0 Å². The molecule has 0 aromatic rings. The second kappa shape index (κ2) is 6.87. The van der Waals surface area contributed by atoms with Gasteiger partial charge in [0.2, 0.25) is 0 Å². The van der Waals surface area contributed by atoms with Gasteiger partial charge in [-0.1, -0.05) is 60.1 Å². The molecule has 32 heavy (non-hydrogen) atoms. The van der Waals surface area contributed by atoms with Gasteiger partial charge >= 0.3 is 0 Å². The lowest BCUT2D eigenvalue weighted by molar-refractivity contribution is -0.215. The van der Waals surface area contributed by atoms with Crippen LogP contribution in [0.2, 0.25) is 0 Å². The Morgan fingerprint density at radius 1 is 0.844 bits per heavy atom. The van der Waals surface area contributed by atoms with Crippen LogP contribution in [0.25, 0.3) is 0 Å². The van der Waals surface area contributed by atoms with Crippen LogP contribution >= 0.6 is 0 Å². The summed E-state index contributed by atoms with van der Waals surface area (Å²) in [5.41, 5.74) is 3.28. The lowest BCUT2D eigenvalue weighted by Crippen LogP contribution is -2.65. The summed E-state index contributed by atoms with van der Waals surface area (Å²) >= 11 is 0. The minimum atomic E-state index is -0.361. The number of rotatable bonds is 1. The largest absolute Gasteiger partial charge is 0.396 e. The number of aliphatic hydroxyl groups excluding tert-OH is 2. The Morgan fingerprint density at radius 3 is 2.22 bits per heavy atom. The molecule has 4 fully saturated rings. The van der Waals surface area contributed by atoms with Crippen molar-refractivity contribution in [2.45, 2.75) is 119 Å². The molecular weight excluding hydrogens is 392 g/mol. The van der Waals surface area contributed by atoms with Gasteiger partial charge in [0.05, 0.1) is 12.7 Å². The third-order valence-electron chi connectivity index (χ3n) is 13.2. The first-order chi connectivity index (χ1) is 14.8. The molecule has 2 nitrogen and oxygen atoms in total. The maximum atomic E-state index is 10.9. The van der Waals surface area contributed by atoms with Gasteiger partial charge in [-0.2, -0.15) is 0 Å². The second-order valence-corrected chi connectivity index (χ2v) is 15.1. The molecule has 0 aromatic heterocycles. The van der Waals surface area contributed by atoms with Gasteiger partial charge in [-0.25, -0.2) is 0 Å². The lowest BCUT2D eigenvalue weighted by Gasteiger charge is -2.71. The summed E-state index contributed by atoms with van der Waals surface area (Å²) in [4.78, 5) is 0. The van der Waals surface area contributed by atoms with Crippen molar-refractivity contribution in [2.24, 2.45) is 50.2 Å². The molecule has 0 radical (unpaired) electrons. The Balaban J connectivity index is 1.57. The zero-order valence-corrected chi connectivity index (χ0v) is 22.1. The van der Waals surface area contributed by atoms with Crippen molar-refractivity contribution in [3.63, 3.8) is 0 Å². The Kier molecular flexibility index (Phi) is 5.02. The van der Waals surface area contributed by atoms with Crippen molar-refractivity contribution < 1.29 is 10.2 Å². The van der Waals surface area contributed by atoms with Crippen LogP contribution < -0.4 is 0 Å². The van der Waals surface area contributed by atoms with Crippen molar-refractivity contribution in [2.75, 3.05) is 6.61 Å². The molecule has 5 aliphatic carbocycles. The molecule has 1 unspecified atom stereocenters. The SMILES string of the molecule is CC1(C)CC[C@]2(C)CC[C@]3(C)C(=CC[C@H]4C3(C)CC[C@@H]3[C@]4(C)CC[C@H](O)[C@]3(C)CO)[C@@H]2C1. The summed E-state index contributed by atoms with van der Waals surface area (Å²) in [6, 6.07) is 0. The smallest absolute Gasteiger partial charge is 0.0618 e. The van der Waals surface area contributed by atoms with Gasteiger partial charge in [-0.3, -0.25) is 0 Å². The van der Waals surface area contributed by atoms with Crippen LogP contribution in [0.4, 0.5) is 0 Å². The molecular formula is C30H50O2. The molecule has 0 aliphatic heterocycles. The Bertz CT molecular complexity index is 814. The minimum absolute atomic E-state index is 0.117. The molecule has 182 valence electrons. The Hall–Kier alpha value is -0.340. The van der Waals surface area contributed by atoms with Crippen molar-refractivity contribution in [3.05, 3.63) is 11.6 Å². The average molecular weight is 443 g/mol. The molecule has 5 rings (SSSR count). The van der Waals surface area contributed by atoms with E-state index in [9.17, 15) is 10.2 Å². The fraction of sp³-hybridized carbons (Fsp3) is 0.933. The van der Waals surface area contributed by atoms with Crippen LogP contribution in [0.5, 0.6) is 0 Å². The molecule has 0 aromatic carbocycles. The molecule has 5 aliphatic rings. The molecule has 0 bridgehead atoms. The molecule has 2 heteroatoms. The fourth-order valence-electron chi connectivity index (χ4n) is 10.5. The zero-order valence-electron chi connectivity index (χ0n) is 22.1. The highest BCUT2D eigenvalue weighted by molar-refractivity contribution is 5.33. The van der Waals surface area contributed by atoms with Crippen molar-refractivity contribution in [1.29, 1.82) is 0 Å². The number of fused-ring (bicyclic) bond motifs is 7. The number of allylic oxidation sites excluding steroid dienone is 2. The monoisotopic (exact) mass is 442 g/mol. The van der Waals surface area contributed by atoms with Gasteiger partial charge in [-0.05, 0) is 109 Å². The third-order valence-corrected chi connectivity index (χ3v) is 13.2. The highest BCUT2D eigenvalue weighted by atomic mass is 16.3. The van der Waals surface area contributed by atoms with Gasteiger partial charge in [0, 0.05) is 5.41 Å². The highest BCUT2D eigenvalue weighted by Gasteiger charge is 2.68. The highest BCUT2D eigenvalue weighted by Crippen LogP contribution is 2.75. The topological polar surface area (TPSA) is 40.5 Å². The van der Waals surface area contributed by atoms with Gasteiger partial charge in [0.1, 0.15) is 0 Å². The summed E-state index contributed by atoms with van der Waals surface area (Å²) in [6.07, 6.45) is 14.8. The van der Waals surface area contributed by atoms with E-state index in [1.165, 1.54) is 44.9 Å². The van der Waals surface area contributed by atoms with E-state index in [1.807, 2.05) is 5.57 Å². The van der Waals surface area contributed by atoms with Gasteiger partial charge in [0.25, 0.3) is 0 Å². The minimum Gasteiger partial charge on any atom is -0.396 e. The number of aliphatic hydroxyl groups is 2. The van der Waals surface area contributed by atoms with E-state index in [0.29, 0.717) is 33.5 Å². The van der Waals surface area contributed by atoms with E-state index in [-0.39, 0.29) is 23.5 Å². The number of hydrogen-bond donors (Lipinski definition) is 2. The van der Waals surface area contributed by atoms with Crippen LogP contribution in [0.15, 0.2) is 11.6 Å². The van der Waals surface area contributed by atoms with E-state index in [4.69, 9.17) is 0 Å². The summed E-state index contributed by atoms with van der Waals surface area (Å²) in [5.74, 6) is 1.83. The van der Waals surface area contributed by atoms with E-state index in [2.05, 4.69) is 54.5 Å². The van der Waals surface area contributed by atoms with Crippen LogP contribution in [-0.4, -0.2) is 22.9 Å². The molecule has 4 saturated carbocycles. The quantitative estimate of drug-likeness (QED) is 0.424. The van der Waals surface area contributed by atoms with Crippen LogP contribution in [0.3, 0.4) is 0 Å². The first-order valence-electron chi connectivity index (χ1n) is 13.8. The van der Waals surface area contributed by atoms with E-state index >= 15 is 0 Å². The third kappa shape index (κ3) is 2.78. The van der Waals surface area contributed by atoms with E-state index in [1.54, 1.807) is 0 Å². The summed E-state index contributed by atoms with van der Waals surface area (Å²) < 4.78 is 0. The number of hydrogen-bond acceptors (Lipinski definition) is 2. The Labute approximate surface area is 197 Å². The maximum absolute atomic E-state index is 10.9. The summed E-state index contributed by atoms with van der Waals surface area (Å²) in [7, 11) is 0. The molecule has 0 amide bonds. The fourth-order valence-corrected chi connectivity index (χ4v) is 10.5. The lowest BCUT2D eigenvalue weighted by atomic mass is 9.33. The average Bonchev–Trinajstić information content (AvgIpc) is 2.73. The van der Waals surface area contributed by atoms with E-state index < -0.39 is 0 Å². The summed E-state index contributed by atoms with van der Waals surface area (Å²) in [5, 5.41) is 21.3. The molecule has 9 atom stereocenters. The molecule has 0 saturated heterocycles. The van der Waals surface area contributed by atoms with E-state index in [0.717, 1.165) is 25.2 Å². The standard InChI is InChI=1S/C30H50O2/c1-25(2)14-15-26(3)16-17-29(6)20(21(26)18-25)8-9-23-27(4)12-11-24(32)28(5,19-31)22(27)10-13-30(23,29)7/h8,21-24,31-32H,9-19H2,1-7H3/t21-,22+,23+,24-,26+,27-,28+,29+,30?/m0/s1. The van der Waals surface area contributed by atoms with Crippen molar-refractivity contribution in [3.8, 4) is 0 Å². The van der Waals surface area contributed by atoms with Crippen LogP contribution in [-0.2, 0) is 0 Å². The van der Waals surface area contributed by atoms with Crippen molar-refractivity contribution in [1.82, 2.24) is 0 Å². The molecule has 0 heterocycles. The molecule has 0 spiro atoms. The van der Waals surface area contributed by atoms with Crippen LogP contribution in [0, 0.1) is 50.2 Å². The first-order valence-corrected chi connectivity index (χ1v) is 13.8. The van der Waals surface area contributed by atoms with Crippen LogP contribution in [0.1, 0.15) is 113 Å². The van der Waals surface area contributed by atoms with Crippen molar-refractivity contribution >= 4 is 0 Å². The summed E-state index contributed by atoms with van der Waals surface area (Å²) in [6.45, 7) is 17.7. The van der Waals surface area contributed by atoms with Gasteiger partial charge in [-0.15, -0.1) is 0 Å². The Morgan fingerprint density at radius 2 is 1.53 bits per heavy atom. The molecule has 2 N–H and O–H groups in total.